The molecule has 0 radical (unpaired) electrons. The zero-order chi connectivity index (χ0) is 22.1. The van der Waals surface area contributed by atoms with Gasteiger partial charge in [0.25, 0.3) is 0 Å². The molecule has 6 heteroatoms. The van der Waals surface area contributed by atoms with Gasteiger partial charge in [-0.15, -0.1) is 0 Å². The van der Waals surface area contributed by atoms with Crippen LogP contribution < -0.4 is 5.32 Å². The maximum absolute atomic E-state index is 12.8. The molecule has 3 heterocycles. The summed E-state index contributed by atoms with van der Waals surface area (Å²) in [5.41, 5.74) is 5.96. The van der Waals surface area contributed by atoms with Gasteiger partial charge in [-0.1, -0.05) is 30.3 Å². The van der Waals surface area contributed by atoms with Crippen LogP contribution in [0.4, 0.5) is 5.82 Å². The van der Waals surface area contributed by atoms with Crippen molar-refractivity contribution < 1.29 is 9.59 Å². The zero-order valence-electron chi connectivity index (χ0n) is 18.4. The number of pyridine rings is 1. The molecule has 1 fully saturated rings. The van der Waals surface area contributed by atoms with Crippen LogP contribution >= 0.6 is 0 Å². The molecule has 1 unspecified atom stereocenters. The van der Waals surface area contributed by atoms with Gasteiger partial charge < -0.3 is 10.3 Å². The highest BCUT2D eigenvalue weighted by atomic mass is 16.2. The molecule has 1 saturated heterocycles. The molecule has 1 aliphatic heterocycles. The number of aromatic amines is 1. The van der Waals surface area contributed by atoms with Gasteiger partial charge in [0.15, 0.2) is 5.78 Å². The van der Waals surface area contributed by atoms with Gasteiger partial charge in [-0.25, -0.2) is 4.98 Å². The highest BCUT2D eigenvalue weighted by Crippen LogP contribution is 2.35. The summed E-state index contributed by atoms with van der Waals surface area (Å²) < 4.78 is 0. The number of nitrogens with zero attached hydrogens (tertiary/aromatic N) is 2. The predicted molar refractivity (Wildman–Crippen MR) is 125 cm³/mol. The number of likely N-dealkylation sites (tertiary alicyclic amines) is 1. The molecule has 5 rings (SSSR count). The van der Waals surface area contributed by atoms with Gasteiger partial charge >= 0.3 is 0 Å². The minimum absolute atomic E-state index is 0.0138. The molecule has 6 nitrogen and oxygen atoms in total. The fourth-order valence-electron chi connectivity index (χ4n) is 5.00. The number of rotatable bonds is 5. The fraction of sp³-hybridized carbons (Fsp3) is 0.346. The van der Waals surface area contributed by atoms with E-state index < -0.39 is 0 Å². The molecule has 164 valence electrons. The summed E-state index contributed by atoms with van der Waals surface area (Å²) in [5, 5.41) is 2.99. The maximum atomic E-state index is 12.8. The average Bonchev–Trinajstić information content (AvgIpc) is 3.39. The van der Waals surface area contributed by atoms with E-state index in [1.54, 1.807) is 6.20 Å². The third-order valence-corrected chi connectivity index (χ3v) is 6.64. The van der Waals surface area contributed by atoms with Gasteiger partial charge in [0.1, 0.15) is 5.82 Å². The second kappa shape index (κ2) is 8.71. The minimum Gasteiger partial charge on any atom is -0.358 e. The highest BCUT2D eigenvalue weighted by molar-refractivity contribution is 6.02. The number of hydrogen-bond acceptors (Lipinski definition) is 4. The van der Waals surface area contributed by atoms with E-state index in [4.69, 9.17) is 0 Å². The molecule has 0 spiro atoms. The third-order valence-electron chi connectivity index (χ3n) is 6.64. The summed E-state index contributed by atoms with van der Waals surface area (Å²) in [6.45, 7) is 0.941. The Labute approximate surface area is 188 Å². The topological polar surface area (TPSA) is 78.1 Å². The second-order valence-electron chi connectivity index (χ2n) is 8.83. The number of anilines is 1. The lowest BCUT2D eigenvalue weighted by Crippen LogP contribution is -2.37. The Morgan fingerprint density at radius 3 is 2.81 bits per heavy atom. The van der Waals surface area contributed by atoms with E-state index in [-0.39, 0.29) is 17.7 Å². The smallest absolute Gasteiger partial charge is 0.242 e. The van der Waals surface area contributed by atoms with Crippen LogP contribution in [0.3, 0.4) is 0 Å². The summed E-state index contributed by atoms with van der Waals surface area (Å²) >= 11 is 0. The van der Waals surface area contributed by atoms with Crippen molar-refractivity contribution in [3.8, 4) is 11.3 Å². The van der Waals surface area contributed by atoms with E-state index in [9.17, 15) is 9.59 Å². The monoisotopic (exact) mass is 428 g/mol. The lowest BCUT2D eigenvalue weighted by Gasteiger charge is -2.18. The number of likely N-dealkylation sites (N-methyl/N-ethyl adjacent to an activating group) is 1. The van der Waals surface area contributed by atoms with E-state index in [2.05, 4.69) is 32.3 Å². The number of hydrogen-bond donors (Lipinski definition) is 2. The van der Waals surface area contributed by atoms with Crippen LogP contribution in [-0.4, -0.2) is 46.2 Å². The van der Waals surface area contributed by atoms with Crippen molar-refractivity contribution in [2.75, 3.05) is 18.9 Å². The Kier molecular flexibility index (Phi) is 5.62. The maximum Gasteiger partial charge on any atom is 0.242 e. The van der Waals surface area contributed by atoms with Crippen LogP contribution in [0.15, 0.2) is 48.7 Å². The molecular formula is C26H28N4O2. The number of Topliss-reactive ketones (excluding diaryl/α,β-unsaturated/α-hetero) is 1. The molecule has 1 aliphatic carbocycles. The molecular weight excluding hydrogens is 400 g/mol. The van der Waals surface area contributed by atoms with Crippen LogP contribution in [0.1, 0.15) is 52.9 Å². The first-order valence-corrected chi connectivity index (χ1v) is 11.4. The van der Waals surface area contributed by atoms with Crippen molar-refractivity contribution >= 4 is 17.5 Å². The number of H-pyrrole nitrogens is 1. The van der Waals surface area contributed by atoms with E-state index in [0.717, 1.165) is 60.3 Å². The SMILES string of the molecule is CN1CCCC1C(=O)Nc1cc(-c2[nH]c3c(c2Cc2ccccc2)C(=O)CCC3)ccn1. The van der Waals surface area contributed by atoms with E-state index >= 15 is 0 Å². The highest BCUT2D eigenvalue weighted by Gasteiger charge is 2.29. The van der Waals surface area contributed by atoms with E-state index in [1.807, 2.05) is 37.4 Å². The first-order chi connectivity index (χ1) is 15.6. The van der Waals surface area contributed by atoms with Crippen molar-refractivity contribution in [1.82, 2.24) is 14.9 Å². The molecule has 2 N–H and O–H groups in total. The Hall–Kier alpha value is -3.25. The van der Waals surface area contributed by atoms with E-state index in [1.165, 1.54) is 5.56 Å². The quantitative estimate of drug-likeness (QED) is 0.638. The third kappa shape index (κ3) is 3.98. The molecule has 32 heavy (non-hydrogen) atoms. The second-order valence-corrected chi connectivity index (χ2v) is 8.83. The average molecular weight is 429 g/mol. The molecule has 2 aromatic heterocycles. The van der Waals surface area contributed by atoms with E-state index in [0.29, 0.717) is 18.7 Å². The number of amides is 1. The van der Waals surface area contributed by atoms with Crippen molar-refractivity contribution in [3.63, 3.8) is 0 Å². The van der Waals surface area contributed by atoms with Crippen molar-refractivity contribution in [2.24, 2.45) is 0 Å². The van der Waals surface area contributed by atoms with Crippen molar-refractivity contribution in [3.05, 3.63) is 71.0 Å². The van der Waals surface area contributed by atoms with Crippen LogP contribution in [0.2, 0.25) is 0 Å². The number of aromatic nitrogens is 2. The molecule has 3 aromatic rings. The molecule has 0 saturated carbocycles. The lowest BCUT2D eigenvalue weighted by molar-refractivity contribution is -0.119. The Bertz CT molecular complexity index is 1150. The largest absolute Gasteiger partial charge is 0.358 e. The standard InChI is InChI=1S/C26H28N4O2/c1-30-14-6-10-21(30)26(32)29-23-16-18(12-13-27-23)25-19(15-17-7-3-2-4-8-17)24-20(28-25)9-5-11-22(24)31/h2-4,7-8,12-13,16,21,28H,5-6,9-11,14-15H2,1H3,(H,27,29,32). The summed E-state index contributed by atoms with van der Waals surface area (Å²) in [5.74, 6) is 0.740. The zero-order valence-corrected chi connectivity index (χ0v) is 18.4. The first kappa shape index (κ1) is 20.6. The van der Waals surface area contributed by atoms with Crippen LogP contribution in [0, 0.1) is 0 Å². The predicted octanol–water partition coefficient (Wildman–Crippen LogP) is 4.22. The van der Waals surface area contributed by atoms with Crippen molar-refractivity contribution in [1.29, 1.82) is 0 Å². The number of carbonyl (C=O) groups is 2. The van der Waals surface area contributed by atoms with Gasteiger partial charge in [-0.2, -0.15) is 0 Å². The van der Waals surface area contributed by atoms with Gasteiger partial charge in [0.2, 0.25) is 5.91 Å². The number of fused-ring (bicyclic) bond motifs is 1. The number of nitrogens with one attached hydrogen (secondary N) is 2. The Balaban J connectivity index is 1.50. The summed E-state index contributed by atoms with van der Waals surface area (Å²) in [6, 6.07) is 14.0. The summed E-state index contributed by atoms with van der Waals surface area (Å²) in [4.78, 5) is 35.6. The molecule has 1 aromatic carbocycles. The van der Waals surface area contributed by atoms with Gasteiger partial charge in [-0.05, 0) is 62.5 Å². The summed E-state index contributed by atoms with van der Waals surface area (Å²) in [7, 11) is 1.98. The van der Waals surface area contributed by atoms with Crippen LogP contribution in [-0.2, 0) is 17.6 Å². The summed E-state index contributed by atoms with van der Waals surface area (Å²) in [6.07, 6.45) is 6.66. The minimum atomic E-state index is -0.107. The number of benzene rings is 1. The van der Waals surface area contributed by atoms with Gasteiger partial charge in [0, 0.05) is 35.9 Å². The molecule has 1 amide bonds. The number of carbonyl (C=O) groups excluding carboxylic acids is 2. The first-order valence-electron chi connectivity index (χ1n) is 11.4. The van der Waals surface area contributed by atoms with Gasteiger partial charge in [-0.3, -0.25) is 14.5 Å². The van der Waals surface area contributed by atoms with Crippen LogP contribution in [0.5, 0.6) is 0 Å². The van der Waals surface area contributed by atoms with Crippen LogP contribution in [0.25, 0.3) is 11.3 Å². The Morgan fingerprint density at radius 1 is 1.19 bits per heavy atom. The van der Waals surface area contributed by atoms with Gasteiger partial charge in [0.05, 0.1) is 11.7 Å². The lowest BCUT2D eigenvalue weighted by atomic mass is 9.90. The molecule has 1 atom stereocenters. The fourth-order valence-corrected chi connectivity index (χ4v) is 5.00. The molecule has 0 bridgehead atoms. The normalized spacial score (nSPS) is 18.5. The number of ketones is 1. The molecule has 2 aliphatic rings. The number of aryl methyl sites for hydroxylation is 1. The Morgan fingerprint density at radius 2 is 2.03 bits per heavy atom. The van der Waals surface area contributed by atoms with Crippen molar-refractivity contribution in [2.45, 2.75) is 44.6 Å².